The zero-order valence-corrected chi connectivity index (χ0v) is 20.4. The molecule has 0 saturated heterocycles. The lowest BCUT2D eigenvalue weighted by Crippen LogP contribution is -2.48. The van der Waals surface area contributed by atoms with Crippen molar-refractivity contribution >= 4 is 5.97 Å². The fraction of sp³-hybridized carbons (Fsp3) is 0.407. The smallest absolute Gasteiger partial charge is 0.341 e. The first-order valence-corrected chi connectivity index (χ1v) is 11.5. The first kappa shape index (κ1) is 23.8. The molecule has 0 bridgehead atoms. The molecule has 1 aliphatic heterocycles. The van der Waals surface area contributed by atoms with E-state index in [9.17, 15) is 14.7 Å². The van der Waals surface area contributed by atoms with Crippen LogP contribution in [0.5, 0.6) is 5.75 Å². The Morgan fingerprint density at radius 3 is 2.59 bits per heavy atom. The second-order valence-electron chi connectivity index (χ2n) is 10.1. The van der Waals surface area contributed by atoms with Gasteiger partial charge in [-0.25, -0.2) is 4.79 Å². The van der Waals surface area contributed by atoms with E-state index in [0.29, 0.717) is 19.6 Å². The van der Waals surface area contributed by atoms with E-state index < -0.39 is 16.9 Å². The highest BCUT2D eigenvalue weighted by Crippen LogP contribution is 2.49. The SMILES string of the molecule is COCCCOc1cc2c(cc1-c1cc[nH]c1)-c1cc(=O)c(C(=O)O)cn1[C@@](C)(C(C)(C)C)C2. The van der Waals surface area contributed by atoms with Crippen molar-refractivity contribution in [1.29, 1.82) is 0 Å². The van der Waals surface area contributed by atoms with Crippen molar-refractivity contribution in [3.8, 4) is 28.1 Å². The average molecular weight is 465 g/mol. The summed E-state index contributed by atoms with van der Waals surface area (Å²) in [7, 11) is 1.67. The van der Waals surface area contributed by atoms with Gasteiger partial charge >= 0.3 is 5.97 Å². The molecule has 0 radical (unpaired) electrons. The van der Waals surface area contributed by atoms with Gasteiger partial charge in [0.05, 0.1) is 17.8 Å². The van der Waals surface area contributed by atoms with E-state index in [1.165, 1.54) is 12.3 Å². The lowest BCUT2D eigenvalue weighted by atomic mass is 9.68. The molecule has 1 aliphatic rings. The number of benzene rings is 1. The molecule has 3 aromatic rings. The van der Waals surface area contributed by atoms with Crippen molar-refractivity contribution in [2.24, 2.45) is 5.41 Å². The molecule has 0 unspecified atom stereocenters. The Balaban J connectivity index is 1.95. The number of rotatable bonds is 7. The number of H-pyrrole nitrogens is 1. The summed E-state index contributed by atoms with van der Waals surface area (Å²) in [5.74, 6) is -0.432. The normalized spacial score (nSPS) is 17.2. The lowest BCUT2D eigenvalue weighted by Gasteiger charge is -2.48. The van der Waals surface area contributed by atoms with Crippen LogP contribution in [-0.4, -0.2) is 41.0 Å². The zero-order chi connectivity index (χ0) is 24.7. The van der Waals surface area contributed by atoms with Crippen LogP contribution >= 0.6 is 0 Å². The molecule has 4 rings (SSSR count). The zero-order valence-electron chi connectivity index (χ0n) is 20.4. The van der Waals surface area contributed by atoms with Crippen LogP contribution in [0, 0.1) is 5.41 Å². The Bertz CT molecular complexity index is 1270. The van der Waals surface area contributed by atoms with Gasteiger partial charge in [0.1, 0.15) is 11.3 Å². The number of carboxylic acid groups (broad SMARTS) is 1. The maximum Gasteiger partial charge on any atom is 0.341 e. The summed E-state index contributed by atoms with van der Waals surface area (Å²) < 4.78 is 13.3. The topological polar surface area (TPSA) is 93.6 Å². The van der Waals surface area contributed by atoms with E-state index >= 15 is 0 Å². The summed E-state index contributed by atoms with van der Waals surface area (Å²) in [6.45, 7) is 9.67. The Morgan fingerprint density at radius 1 is 1.21 bits per heavy atom. The molecule has 0 saturated carbocycles. The molecule has 34 heavy (non-hydrogen) atoms. The van der Waals surface area contributed by atoms with Crippen LogP contribution in [0.2, 0.25) is 0 Å². The number of carboxylic acids is 1. The van der Waals surface area contributed by atoms with Crippen LogP contribution in [-0.2, 0) is 16.7 Å². The number of methoxy groups -OCH3 is 1. The second kappa shape index (κ2) is 8.80. The largest absolute Gasteiger partial charge is 0.493 e. The maximum absolute atomic E-state index is 12.8. The number of nitrogens with one attached hydrogen (secondary N) is 1. The summed E-state index contributed by atoms with van der Waals surface area (Å²) in [4.78, 5) is 27.6. The van der Waals surface area contributed by atoms with Crippen molar-refractivity contribution in [2.75, 3.05) is 20.3 Å². The molecule has 0 fully saturated rings. The van der Waals surface area contributed by atoms with E-state index in [4.69, 9.17) is 9.47 Å². The molecule has 3 heterocycles. The van der Waals surface area contributed by atoms with Crippen molar-refractivity contribution in [2.45, 2.75) is 46.1 Å². The number of carbonyl (C=O) groups is 1. The van der Waals surface area contributed by atoms with Gasteiger partial charge in [-0.15, -0.1) is 0 Å². The Hall–Kier alpha value is -3.32. The molecule has 1 aromatic carbocycles. The van der Waals surface area contributed by atoms with Gasteiger partial charge in [-0.05, 0) is 42.5 Å². The molecular weight excluding hydrogens is 432 g/mol. The van der Waals surface area contributed by atoms with Crippen LogP contribution in [0.4, 0.5) is 0 Å². The van der Waals surface area contributed by atoms with E-state index in [0.717, 1.165) is 40.1 Å². The number of nitrogens with zero attached hydrogens (tertiary/aromatic N) is 1. The maximum atomic E-state index is 12.8. The molecule has 2 aromatic heterocycles. The number of fused-ring (bicyclic) bond motifs is 3. The molecule has 0 amide bonds. The first-order chi connectivity index (χ1) is 16.1. The molecule has 7 heteroatoms. The number of pyridine rings is 1. The number of aromatic carboxylic acids is 1. The molecule has 180 valence electrons. The van der Waals surface area contributed by atoms with E-state index in [2.05, 4.69) is 44.8 Å². The number of aromatic amines is 1. The molecule has 2 N–H and O–H groups in total. The van der Waals surface area contributed by atoms with Crippen molar-refractivity contribution in [1.82, 2.24) is 9.55 Å². The first-order valence-electron chi connectivity index (χ1n) is 11.5. The van der Waals surface area contributed by atoms with E-state index in [-0.39, 0.29) is 11.0 Å². The van der Waals surface area contributed by atoms with E-state index in [1.807, 2.05) is 23.0 Å². The van der Waals surface area contributed by atoms with Gasteiger partial charge in [-0.2, -0.15) is 0 Å². The minimum atomic E-state index is -1.21. The number of ether oxygens (including phenoxy) is 2. The van der Waals surface area contributed by atoms with Crippen molar-refractivity contribution in [3.63, 3.8) is 0 Å². The standard InChI is InChI=1S/C27H32N2O5/c1-26(2,3)27(4)14-18-11-24(34-10-6-9-33-5)20(17-7-8-28-15-17)12-19(18)22-13-23(30)21(25(31)32)16-29(22)27/h7-8,11-13,15-16,28H,6,9-10,14H2,1-5H3,(H,31,32)/t27-/m1/s1. The third-order valence-electron chi connectivity index (χ3n) is 7.10. The number of aromatic nitrogens is 2. The highest BCUT2D eigenvalue weighted by Gasteiger charge is 2.44. The molecular formula is C27H32N2O5. The molecule has 0 aliphatic carbocycles. The van der Waals surface area contributed by atoms with Gasteiger partial charge in [-0.3, -0.25) is 4.79 Å². The van der Waals surface area contributed by atoms with Gasteiger partial charge < -0.3 is 24.1 Å². The Morgan fingerprint density at radius 2 is 1.97 bits per heavy atom. The summed E-state index contributed by atoms with van der Waals surface area (Å²) in [6.07, 6.45) is 6.72. The highest BCUT2D eigenvalue weighted by molar-refractivity contribution is 5.88. The predicted molar refractivity (Wildman–Crippen MR) is 132 cm³/mol. The predicted octanol–water partition coefficient (Wildman–Crippen LogP) is 4.94. The van der Waals surface area contributed by atoms with Crippen LogP contribution in [0.3, 0.4) is 0 Å². The van der Waals surface area contributed by atoms with Gasteiger partial charge in [0.15, 0.2) is 5.43 Å². The van der Waals surface area contributed by atoms with Gasteiger partial charge in [-0.1, -0.05) is 20.8 Å². The Kier molecular flexibility index (Phi) is 6.16. The van der Waals surface area contributed by atoms with E-state index in [1.54, 1.807) is 7.11 Å². The fourth-order valence-corrected chi connectivity index (χ4v) is 4.62. The van der Waals surface area contributed by atoms with Crippen LogP contribution in [0.1, 0.15) is 50.0 Å². The lowest BCUT2D eigenvalue weighted by molar-refractivity contribution is 0.0689. The Labute approximate surface area is 199 Å². The summed E-state index contributed by atoms with van der Waals surface area (Å²) in [5, 5.41) is 9.62. The van der Waals surface area contributed by atoms with Gasteiger partial charge in [0.2, 0.25) is 0 Å². The summed E-state index contributed by atoms with van der Waals surface area (Å²) in [6, 6.07) is 7.57. The summed E-state index contributed by atoms with van der Waals surface area (Å²) in [5.41, 5.74) is 3.20. The minimum absolute atomic E-state index is 0.216. The monoisotopic (exact) mass is 464 g/mol. The molecule has 1 atom stereocenters. The van der Waals surface area contributed by atoms with Gasteiger partial charge in [0.25, 0.3) is 0 Å². The highest BCUT2D eigenvalue weighted by atomic mass is 16.5. The summed E-state index contributed by atoms with van der Waals surface area (Å²) >= 11 is 0. The second-order valence-corrected chi connectivity index (χ2v) is 10.1. The molecule has 0 spiro atoms. The third kappa shape index (κ3) is 4.05. The van der Waals surface area contributed by atoms with Crippen molar-refractivity contribution in [3.05, 3.63) is 64.2 Å². The number of hydrogen-bond donors (Lipinski definition) is 2. The van der Waals surface area contributed by atoms with Gasteiger partial charge in [0, 0.05) is 61.5 Å². The quantitative estimate of drug-likeness (QED) is 0.483. The van der Waals surface area contributed by atoms with Crippen LogP contribution in [0.15, 0.2) is 47.7 Å². The molecule has 7 nitrogen and oxygen atoms in total. The van der Waals surface area contributed by atoms with Crippen LogP contribution in [0.25, 0.3) is 22.4 Å². The third-order valence-corrected chi connectivity index (χ3v) is 7.10. The van der Waals surface area contributed by atoms with Crippen molar-refractivity contribution < 1.29 is 19.4 Å². The number of hydrogen-bond acceptors (Lipinski definition) is 4. The minimum Gasteiger partial charge on any atom is -0.493 e. The average Bonchev–Trinajstić information content (AvgIpc) is 3.30. The van der Waals surface area contributed by atoms with Crippen LogP contribution < -0.4 is 10.2 Å². The fourth-order valence-electron chi connectivity index (χ4n) is 4.62.